The minimum atomic E-state index is 0.518. The highest BCUT2D eigenvalue weighted by Crippen LogP contribution is 2.24. The molecule has 3 rings (SSSR count). The maximum atomic E-state index is 5.87. The van der Waals surface area contributed by atoms with Crippen molar-refractivity contribution in [1.82, 2.24) is 4.57 Å². The molecule has 4 heteroatoms. The second-order valence-electron chi connectivity index (χ2n) is 4.94. The lowest BCUT2D eigenvalue weighted by Gasteiger charge is -2.10. The summed E-state index contributed by atoms with van der Waals surface area (Å²) in [6, 6.07) is 15.5. The predicted molar refractivity (Wildman–Crippen MR) is 87.8 cm³/mol. The number of ether oxygens (including phenoxy) is 1. The van der Waals surface area contributed by atoms with Crippen molar-refractivity contribution in [3.8, 4) is 5.75 Å². The monoisotopic (exact) mass is 300 g/mol. The zero-order valence-electron chi connectivity index (χ0n) is 11.8. The Hall–Kier alpha value is -2.13. The van der Waals surface area contributed by atoms with Gasteiger partial charge in [-0.25, -0.2) is 0 Å². The number of hydrogen-bond donors (Lipinski definition) is 1. The van der Waals surface area contributed by atoms with Gasteiger partial charge in [0.15, 0.2) is 0 Å². The highest BCUT2D eigenvalue weighted by molar-refractivity contribution is 6.30. The molecule has 0 radical (unpaired) electrons. The van der Waals surface area contributed by atoms with E-state index in [4.69, 9.17) is 22.1 Å². The lowest BCUT2D eigenvalue weighted by atomic mass is 10.2. The van der Waals surface area contributed by atoms with E-state index in [1.807, 2.05) is 36.4 Å². The molecule has 0 aliphatic rings. The van der Waals surface area contributed by atoms with Gasteiger partial charge >= 0.3 is 0 Å². The number of anilines is 1. The largest absolute Gasteiger partial charge is 0.487 e. The van der Waals surface area contributed by atoms with Crippen LogP contribution in [0.2, 0.25) is 5.02 Å². The molecule has 21 heavy (non-hydrogen) atoms. The molecule has 0 unspecified atom stereocenters. The topological polar surface area (TPSA) is 40.2 Å². The van der Waals surface area contributed by atoms with E-state index in [0.717, 1.165) is 29.1 Å². The number of nitrogens with zero attached hydrogens (tertiary/aromatic N) is 1. The highest BCUT2D eigenvalue weighted by atomic mass is 35.5. The van der Waals surface area contributed by atoms with Crippen LogP contribution in [0.4, 0.5) is 5.69 Å². The molecule has 2 N–H and O–H groups in total. The SMILES string of the molecule is CCn1c(COc2ccc(Cl)cc2)cc2cc(N)ccc21. The minimum Gasteiger partial charge on any atom is -0.487 e. The lowest BCUT2D eigenvalue weighted by molar-refractivity contribution is 0.296. The highest BCUT2D eigenvalue weighted by Gasteiger charge is 2.08. The second kappa shape index (κ2) is 5.70. The molecule has 0 fully saturated rings. The fourth-order valence-electron chi connectivity index (χ4n) is 2.53. The third-order valence-corrected chi connectivity index (χ3v) is 3.78. The fraction of sp³-hybridized carbons (Fsp3) is 0.176. The number of aryl methyl sites for hydroxylation is 1. The summed E-state index contributed by atoms with van der Waals surface area (Å²) in [5.41, 5.74) is 8.94. The Kier molecular flexibility index (Phi) is 3.76. The first-order valence-electron chi connectivity index (χ1n) is 6.93. The van der Waals surface area contributed by atoms with Crippen LogP contribution in [0.3, 0.4) is 0 Å². The Bertz CT molecular complexity index is 762. The number of nitrogens with two attached hydrogens (primary N) is 1. The summed E-state index contributed by atoms with van der Waals surface area (Å²) in [4.78, 5) is 0. The summed E-state index contributed by atoms with van der Waals surface area (Å²) in [7, 11) is 0. The van der Waals surface area contributed by atoms with Crippen LogP contribution < -0.4 is 10.5 Å². The molecule has 0 amide bonds. The van der Waals surface area contributed by atoms with E-state index in [1.54, 1.807) is 0 Å². The predicted octanol–water partition coefficient (Wildman–Crippen LogP) is 4.48. The van der Waals surface area contributed by atoms with Gasteiger partial charge in [-0.05, 0) is 55.5 Å². The minimum absolute atomic E-state index is 0.518. The molecule has 0 saturated carbocycles. The molecule has 1 heterocycles. The van der Waals surface area contributed by atoms with Crippen molar-refractivity contribution in [2.75, 3.05) is 5.73 Å². The van der Waals surface area contributed by atoms with E-state index in [0.29, 0.717) is 11.6 Å². The van der Waals surface area contributed by atoms with Crippen LogP contribution in [0.25, 0.3) is 10.9 Å². The summed E-state index contributed by atoms with van der Waals surface area (Å²) < 4.78 is 8.08. The number of fused-ring (bicyclic) bond motifs is 1. The molecule has 0 atom stereocenters. The summed E-state index contributed by atoms with van der Waals surface area (Å²) in [5, 5.41) is 1.85. The summed E-state index contributed by atoms with van der Waals surface area (Å²) in [5.74, 6) is 0.812. The lowest BCUT2D eigenvalue weighted by Crippen LogP contribution is -2.04. The Balaban J connectivity index is 1.87. The molecule has 0 aliphatic carbocycles. The molecule has 0 saturated heterocycles. The smallest absolute Gasteiger partial charge is 0.128 e. The maximum absolute atomic E-state index is 5.87. The van der Waals surface area contributed by atoms with Gasteiger partial charge in [0.2, 0.25) is 0 Å². The summed E-state index contributed by atoms with van der Waals surface area (Å²) in [6.45, 7) is 3.54. The normalized spacial score (nSPS) is 11.0. The summed E-state index contributed by atoms with van der Waals surface area (Å²) >= 11 is 5.87. The Morgan fingerprint density at radius 2 is 1.86 bits per heavy atom. The Labute approximate surface area is 128 Å². The van der Waals surface area contributed by atoms with Crippen molar-refractivity contribution >= 4 is 28.2 Å². The van der Waals surface area contributed by atoms with Gasteiger partial charge in [0.05, 0.1) is 5.69 Å². The van der Waals surface area contributed by atoms with Crippen molar-refractivity contribution in [3.05, 3.63) is 59.2 Å². The first kappa shape index (κ1) is 13.8. The third-order valence-electron chi connectivity index (χ3n) is 3.53. The van der Waals surface area contributed by atoms with E-state index in [9.17, 15) is 0 Å². The molecule has 3 aromatic rings. The number of benzene rings is 2. The zero-order valence-corrected chi connectivity index (χ0v) is 12.6. The van der Waals surface area contributed by atoms with Crippen molar-refractivity contribution in [2.24, 2.45) is 0 Å². The third kappa shape index (κ3) is 2.83. The van der Waals surface area contributed by atoms with E-state index >= 15 is 0 Å². The molecule has 0 aliphatic heterocycles. The number of nitrogen functional groups attached to an aromatic ring is 1. The molecule has 108 valence electrons. The Morgan fingerprint density at radius 3 is 2.57 bits per heavy atom. The molecule has 1 aromatic heterocycles. The van der Waals surface area contributed by atoms with Crippen LogP contribution in [0.1, 0.15) is 12.6 Å². The van der Waals surface area contributed by atoms with Crippen molar-refractivity contribution in [2.45, 2.75) is 20.1 Å². The van der Waals surface area contributed by atoms with E-state index in [1.165, 1.54) is 5.52 Å². The number of aromatic nitrogens is 1. The van der Waals surface area contributed by atoms with Gasteiger partial charge in [-0.2, -0.15) is 0 Å². The molecule has 3 nitrogen and oxygen atoms in total. The van der Waals surface area contributed by atoms with Crippen molar-refractivity contribution in [1.29, 1.82) is 0 Å². The Morgan fingerprint density at radius 1 is 1.10 bits per heavy atom. The van der Waals surface area contributed by atoms with Gasteiger partial charge in [0.25, 0.3) is 0 Å². The zero-order chi connectivity index (χ0) is 14.8. The molecule has 0 bridgehead atoms. The number of hydrogen-bond acceptors (Lipinski definition) is 2. The van der Waals surface area contributed by atoms with Crippen molar-refractivity contribution in [3.63, 3.8) is 0 Å². The molecule has 0 spiro atoms. The van der Waals surface area contributed by atoms with Gasteiger partial charge in [-0.15, -0.1) is 0 Å². The van der Waals surface area contributed by atoms with E-state index in [2.05, 4.69) is 23.6 Å². The van der Waals surface area contributed by atoms with Gasteiger partial charge in [-0.3, -0.25) is 0 Å². The quantitative estimate of drug-likeness (QED) is 0.722. The van der Waals surface area contributed by atoms with Gasteiger partial charge in [-0.1, -0.05) is 11.6 Å². The van der Waals surface area contributed by atoms with Gasteiger partial charge < -0.3 is 15.0 Å². The molecular weight excluding hydrogens is 284 g/mol. The van der Waals surface area contributed by atoms with E-state index < -0.39 is 0 Å². The van der Waals surface area contributed by atoms with Crippen LogP contribution in [0.5, 0.6) is 5.75 Å². The molecule has 2 aromatic carbocycles. The second-order valence-corrected chi connectivity index (χ2v) is 5.38. The van der Waals surface area contributed by atoms with Crippen LogP contribution in [0, 0.1) is 0 Å². The number of halogens is 1. The fourth-order valence-corrected chi connectivity index (χ4v) is 2.65. The molecular formula is C17H17ClN2O. The standard InChI is InChI=1S/C17H17ClN2O/c1-2-20-15(10-12-9-14(19)5-8-17(12)20)11-21-16-6-3-13(18)4-7-16/h3-10H,2,11,19H2,1H3. The maximum Gasteiger partial charge on any atom is 0.128 e. The average Bonchev–Trinajstić information content (AvgIpc) is 2.83. The van der Waals surface area contributed by atoms with Gasteiger partial charge in [0.1, 0.15) is 12.4 Å². The van der Waals surface area contributed by atoms with Crippen LogP contribution >= 0.6 is 11.6 Å². The number of rotatable bonds is 4. The van der Waals surface area contributed by atoms with Crippen LogP contribution in [-0.2, 0) is 13.2 Å². The van der Waals surface area contributed by atoms with E-state index in [-0.39, 0.29) is 0 Å². The van der Waals surface area contributed by atoms with Crippen LogP contribution in [-0.4, -0.2) is 4.57 Å². The summed E-state index contributed by atoms with van der Waals surface area (Å²) in [6.07, 6.45) is 0. The first-order valence-corrected chi connectivity index (χ1v) is 7.31. The average molecular weight is 301 g/mol. The first-order chi connectivity index (χ1) is 10.2. The van der Waals surface area contributed by atoms with Crippen molar-refractivity contribution < 1.29 is 4.74 Å². The van der Waals surface area contributed by atoms with Crippen LogP contribution in [0.15, 0.2) is 48.5 Å². The van der Waals surface area contributed by atoms with Gasteiger partial charge in [0, 0.05) is 28.2 Å².